The fraction of sp³-hybridized carbons (Fsp3) is 0.536. The number of fused-ring (bicyclic) bond motifs is 3. The van der Waals surface area contributed by atoms with Crippen LogP contribution in [-0.4, -0.2) is 27.6 Å². The molecule has 3 aliphatic rings. The van der Waals surface area contributed by atoms with Crippen LogP contribution in [0.25, 0.3) is 11.0 Å². The summed E-state index contributed by atoms with van der Waals surface area (Å²) in [5, 5.41) is 4.28. The lowest BCUT2D eigenvalue weighted by atomic mass is 9.68. The Labute approximate surface area is 201 Å². The first-order valence-electron chi connectivity index (χ1n) is 12.9. The second-order valence-electron chi connectivity index (χ2n) is 11.6. The van der Waals surface area contributed by atoms with Gasteiger partial charge >= 0.3 is 0 Å². The summed E-state index contributed by atoms with van der Waals surface area (Å²) in [6, 6.07) is 12.2. The SMILES string of the molecule is CC12CCC(C1)C(C)(C)C2n1c(=O)ccc2cnc(Nc3ccc(N4CCCCC4)cc3)nc21. The maximum absolute atomic E-state index is 13.3. The standard InChI is InChI=1S/C28H35N5O/c1-27(2)20-13-14-28(3,17-20)25(27)33-23(34)12-7-19-18-29-26(31-24(19)33)30-21-8-10-22(11-9-21)32-15-5-4-6-16-32/h7-12,18,20,25H,4-6,13-17H2,1-3H3,(H,29,30,31). The van der Waals surface area contributed by atoms with Gasteiger partial charge in [-0.05, 0) is 85.6 Å². The monoisotopic (exact) mass is 457 g/mol. The van der Waals surface area contributed by atoms with Crippen LogP contribution in [0.3, 0.4) is 0 Å². The zero-order chi connectivity index (χ0) is 23.5. The molecule has 0 amide bonds. The molecule has 3 aromatic rings. The number of anilines is 3. The Kier molecular flexibility index (Phi) is 4.98. The van der Waals surface area contributed by atoms with Crippen molar-refractivity contribution in [1.82, 2.24) is 14.5 Å². The van der Waals surface area contributed by atoms with Crippen LogP contribution >= 0.6 is 0 Å². The molecule has 0 radical (unpaired) electrons. The van der Waals surface area contributed by atoms with Crippen molar-refractivity contribution in [2.75, 3.05) is 23.3 Å². The maximum atomic E-state index is 13.3. The van der Waals surface area contributed by atoms with Gasteiger partial charge in [0, 0.05) is 48.2 Å². The Balaban J connectivity index is 1.34. The summed E-state index contributed by atoms with van der Waals surface area (Å²) in [7, 11) is 0. The van der Waals surface area contributed by atoms with Gasteiger partial charge in [-0.3, -0.25) is 9.36 Å². The fourth-order valence-electron chi connectivity index (χ4n) is 7.31. The molecule has 2 bridgehead atoms. The lowest BCUT2D eigenvalue weighted by Gasteiger charge is -2.43. The minimum absolute atomic E-state index is 0.0369. The molecule has 2 aromatic heterocycles. The zero-order valence-corrected chi connectivity index (χ0v) is 20.6. The van der Waals surface area contributed by atoms with E-state index in [1.807, 2.05) is 16.8 Å². The molecule has 6 rings (SSSR count). The van der Waals surface area contributed by atoms with Gasteiger partial charge in [0.1, 0.15) is 5.65 Å². The number of pyridine rings is 1. The number of piperidine rings is 1. The summed E-state index contributed by atoms with van der Waals surface area (Å²) in [6.07, 6.45) is 9.33. The summed E-state index contributed by atoms with van der Waals surface area (Å²) in [5.74, 6) is 1.19. The quantitative estimate of drug-likeness (QED) is 0.527. The molecule has 6 nitrogen and oxygen atoms in total. The van der Waals surface area contributed by atoms with E-state index in [-0.39, 0.29) is 22.4 Å². The van der Waals surface area contributed by atoms with Gasteiger partial charge in [-0.25, -0.2) is 4.98 Å². The van der Waals surface area contributed by atoms with Gasteiger partial charge in [-0.1, -0.05) is 20.8 Å². The highest BCUT2D eigenvalue weighted by Crippen LogP contribution is 2.68. The van der Waals surface area contributed by atoms with Gasteiger partial charge in [0.05, 0.1) is 0 Å². The van der Waals surface area contributed by atoms with Crippen LogP contribution in [0.4, 0.5) is 17.3 Å². The van der Waals surface area contributed by atoms with Crippen molar-refractivity contribution in [3.05, 3.63) is 52.9 Å². The van der Waals surface area contributed by atoms with Crippen LogP contribution in [0, 0.1) is 16.7 Å². The Hall–Kier alpha value is -2.89. The summed E-state index contributed by atoms with van der Waals surface area (Å²) < 4.78 is 1.99. The number of nitrogens with one attached hydrogen (secondary N) is 1. The smallest absolute Gasteiger partial charge is 0.252 e. The predicted molar refractivity (Wildman–Crippen MR) is 138 cm³/mol. The van der Waals surface area contributed by atoms with Crippen LogP contribution in [0.1, 0.15) is 65.3 Å². The minimum Gasteiger partial charge on any atom is -0.372 e. The van der Waals surface area contributed by atoms with Crippen LogP contribution in [0.5, 0.6) is 0 Å². The van der Waals surface area contributed by atoms with Crippen LogP contribution in [0.2, 0.25) is 0 Å². The van der Waals surface area contributed by atoms with Gasteiger partial charge in [0.25, 0.3) is 5.56 Å². The van der Waals surface area contributed by atoms with Gasteiger partial charge in [-0.2, -0.15) is 4.98 Å². The first-order chi connectivity index (χ1) is 16.3. The van der Waals surface area contributed by atoms with Crippen molar-refractivity contribution < 1.29 is 0 Å². The molecule has 2 saturated carbocycles. The van der Waals surface area contributed by atoms with Crippen molar-refractivity contribution in [2.45, 2.75) is 65.3 Å². The number of hydrogen-bond donors (Lipinski definition) is 1. The predicted octanol–water partition coefficient (Wildman–Crippen LogP) is 5.91. The molecular formula is C28H35N5O. The molecule has 1 saturated heterocycles. The normalized spacial score (nSPS) is 27.9. The molecule has 3 atom stereocenters. The molecule has 34 heavy (non-hydrogen) atoms. The number of hydrogen-bond acceptors (Lipinski definition) is 5. The van der Waals surface area contributed by atoms with E-state index in [9.17, 15) is 4.79 Å². The van der Waals surface area contributed by atoms with Gasteiger partial charge in [0.15, 0.2) is 0 Å². The lowest BCUT2D eigenvalue weighted by Crippen LogP contribution is -2.42. The molecule has 178 valence electrons. The van der Waals surface area contributed by atoms with E-state index in [0.717, 1.165) is 29.8 Å². The van der Waals surface area contributed by atoms with Crippen molar-refractivity contribution >= 4 is 28.4 Å². The first kappa shape index (κ1) is 21.6. The number of aromatic nitrogens is 3. The third-order valence-electron chi connectivity index (χ3n) is 8.96. The van der Waals surface area contributed by atoms with Gasteiger partial charge in [0.2, 0.25) is 5.95 Å². The number of rotatable bonds is 4. The van der Waals surface area contributed by atoms with Crippen LogP contribution < -0.4 is 15.8 Å². The Morgan fingerprint density at radius 1 is 1.00 bits per heavy atom. The molecular weight excluding hydrogens is 422 g/mol. The summed E-state index contributed by atoms with van der Waals surface area (Å²) in [6.45, 7) is 9.30. The van der Waals surface area contributed by atoms with Gasteiger partial charge in [-0.15, -0.1) is 0 Å². The Morgan fingerprint density at radius 3 is 2.47 bits per heavy atom. The molecule has 1 aliphatic heterocycles. The molecule has 1 aromatic carbocycles. The average Bonchev–Trinajstić information content (AvgIpc) is 3.33. The molecule has 0 spiro atoms. The van der Waals surface area contributed by atoms with E-state index in [1.165, 1.54) is 44.2 Å². The van der Waals surface area contributed by atoms with Crippen molar-refractivity contribution in [2.24, 2.45) is 16.7 Å². The highest BCUT2D eigenvalue weighted by Gasteiger charge is 2.60. The second-order valence-corrected chi connectivity index (χ2v) is 11.6. The third kappa shape index (κ3) is 3.41. The number of benzene rings is 1. The largest absolute Gasteiger partial charge is 0.372 e. The molecule has 3 heterocycles. The minimum atomic E-state index is 0.0369. The van der Waals surface area contributed by atoms with Crippen molar-refractivity contribution in [3.63, 3.8) is 0 Å². The highest BCUT2D eigenvalue weighted by molar-refractivity contribution is 5.76. The van der Waals surface area contributed by atoms with E-state index in [1.54, 1.807) is 6.07 Å². The summed E-state index contributed by atoms with van der Waals surface area (Å²) in [4.78, 5) is 25.2. The fourth-order valence-corrected chi connectivity index (χ4v) is 7.31. The molecule has 3 unspecified atom stereocenters. The van der Waals surface area contributed by atoms with E-state index in [4.69, 9.17) is 4.98 Å². The van der Waals surface area contributed by atoms with Gasteiger partial charge < -0.3 is 10.2 Å². The maximum Gasteiger partial charge on any atom is 0.252 e. The molecule has 6 heteroatoms. The second kappa shape index (κ2) is 7.82. The van der Waals surface area contributed by atoms with E-state index >= 15 is 0 Å². The third-order valence-corrected chi connectivity index (χ3v) is 8.96. The average molecular weight is 458 g/mol. The summed E-state index contributed by atoms with van der Waals surface area (Å²) >= 11 is 0. The lowest BCUT2D eigenvalue weighted by molar-refractivity contribution is 0.0838. The van der Waals surface area contributed by atoms with E-state index in [2.05, 4.69) is 60.2 Å². The topological polar surface area (TPSA) is 63.1 Å². The van der Waals surface area contributed by atoms with Crippen molar-refractivity contribution in [1.29, 1.82) is 0 Å². The Morgan fingerprint density at radius 2 is 1.76 bits per heavy atom. The van der Waals surface area contributed by atoms with E-state index in [0.29, 0.717) is 11.9 Å². The van der Waals surface area contributed by atoms with E-state index < -0.39 is 0 Å². The molecule has 2 aliphatic carbocycles. The molecule has 3 fully saturated rings. The van der Waals surface area contributed by atoms with Crippen molar-refractivity contribution in [3.8, 4) is 0 Å². The Bertz CT molecular complexity index is 1270. The zero-order valence-electron chi connectivity index (χ0n) is 20.6. The highest BCUT2D eigenvalue weighted by atomic mass is 16.1. The summed E-state index contributed by atoms with van der Waals surface area (Å²) in [5.41, 5.74) is 3.20. The molecule has 1 N–H and O–H groups in total. The first-order valence-corrected chi connectivity index (χ1v) is 12.9. The van der Waals surface area contributed by atoms with Crippen LogP contribution in [0.15, 0.2) is 47.4 Å². The van der Waals surface area contributed by atoms with Crippen LogP contribution in [-0.2, 0) is 0 Å². The number of nitrogens with zero attached hydrogens (tertiary/aromatic N) is 4.